The first-order chi connectivity index (χ1) is 13.9. The van der Waals surface area contributed by atoms with Gasteiger partial charge in [0.25, 0.3) is 0 Å². The highest BCUT2D eigenvalue weighted by Gasteiger charge is 2.15. The van der Waals surface area contributed by atoms with Crippen LogP contribution in [0.25, 0.3) is 0 Å². The van der Waals surface area contributed by atoms with Crippen molar-refractivity contribution >= 4 is 70.0 Å². The summed E-state index contributed by atoms with van der Waals surface area (Å²) < 4.78 is 15.4. The molecule has 3 aromatic carbocycles. The molecule has 0 radical (unpaired) electrons. The third-order valence-corrected chi connectivity index (χ3v) is 5.77. The molecule has 0 fully saturated rings. The SMILES string of the molecule is O=C(Cc1c(Cl)ccc(Cl)c1Cl)Nc1ccc(Oc2cccc(Cl)c2)c(SO)c1. The average Bonchev–Trinajstić information content (AvgIpc) is 2.69. The number of rotatable bonds is 6. The lowest BCUT2D eigenvalue weighted by molar-refractivity contribution is -0.115. The lowest BCUT2D eigenvalue weighted by atomic mass is 10.1. The first-order valence-electron chi connectivity index (χ1n) is 8.18. The normalized spacial score (nSPS) is 10.7. The Morgan fingerprint density at radius 1 is 1.00 bits per heavy atom. The highest BCUT2D eigenvalue weighted by Crippen LogP contribution is 2.35. The molecule has 3 rings (SSSR count). The van der Waals surface area contributed by atoms with E-state index in [2.05, 4.69) is 5.32 Å². The third-order valence-electron chi connectivity index (χ3n) is 3.83. The summed E-state index contributed by atoms with van der Waals surface area (Å²) in [7, 11) is 0. The molecule has 0 aliphatic heterocycles. The maximum absolute atomic E-state index is 12.4. The van der Waals surface area contributed by atoms with Crippen molar-refractivity contribution in [1.29, 1.82) is 0 Å². The van der Waals surface area contributed by atoms with Crippen LogP contribution < -0.4 is 10.1 Å². The number of hydrogen-bond donors (Lipinski definition) is 2. The Labute approximate surface area is 191 Å². The summed E-state index contributed by atoms with van der Waals surface area (Å²) in [6.45, 7) is 0. The van der Waals surface area contributed by atoms with Gasteiger partial charge in [0.1, 0.15) is 11.5 Å². The maximum Gasteiger partial charge on any atom is 0.228 e. The highest BCUT2D eigenvalue weighted by atomic mass is 35.5. The van der Waals surface area contributed by atoms with Crippen LogP contribution >= 0.6 is 58.4 Å². The van der Waals surface area contributed by atoms with E-state index in [-0.39, 0.29) is 17.4 Å². The van der Waals surface area contributed by atoms with Gasteiger partial charge in [-0.15, -0.1) is 0 Å². The molecular formula is C20H13Cl4NO3S. The van der Waals surface area contributed by atoms with Crippen LogP contribution in [0.5, 0.6) is 11.5 Å². The molecule has 9 heteroatoms. The smallest absolute Gasteiger partial charge is 0.228 e. The van der Waals surface area contributed by atoms with Crippen molar-refractivity contribution < 1.29 is 14.1 Å². The molecule has 0 bridgehead atoms. The van der Waals surface area contributed by atoms with Gasteiger partial charge in [-0.1, -0.05) is 52.5 Å². The predicted molar refractivity (Wildman–Crippen MR) is 120 cm³/mol. The van der Waals surface area contributed by atoms with Crippen LogP contribution in [0.15, 0.2) is 59.5 Å². The summed E-state index contributed by atoms with van der Waals surface area (Å²) in [6.07, 6.45) is -0.0550. The molecule has 0 spiro atoms. The second-order valence-electron chi connectivity index (χ2n) is 5.86. The van der Waals surface area contributed by atoms with Gasteiger partial charge in [0.05, 0.1) is 21.4 Å². The second-order valence-corrected chi connectivity index (χ2v) is 8.11. The fraction of sp³-hybridized carbons (Fsp3) is 0.0500. The van der Waals surface area contributed by atoms with Gasteiger partial charge in [0.15, 0.2) is 0 Å². The summed E-state index contributed by atoms with van der Waals surface area (Å²) in [5.41, 5.74) is 0.912. The molecule has 0 atom stereocenters. The number of hydrogen-bond acceptors (Lipinski definition) is 4. The van der Waals surface area contributed by atoms with E-state index in [0.29, 0.717) is 54.8 Å². The Kier molecular flexibility index (Phi) is 7.57. The minimum atomic E-state index is -0.339. The number of ether oxygens (including phenoxy) is 1. The van der Waals surface area contributed by atoms with Crippen LogP contribution in [0.1, 0.15) is 5.56 Å². The van der Waals surface area contributed by atoms with Crippen molar-refractivity contribution in [2.45, 2.75) is 11.3 Å². The number of benzene rings is 3. The molecule has 3 aromatic rings. The number of anilines is 1. The third kappa shape index (κ3) is 5.72. The Bertz CT molecular complexity index is 1060. The molecular weight excluding hydrogens is 476 g/mol. The number of carbonyl (C=O) groups is 1. The van der Waals surface area contributed by atoms with Crippen LogP contribution in [0.3, 0.4) is 0 Å². The fourth-order valence-electron chi connectivity index (χ4n) is 2.50. The summed E-state index contributed by atoms with van der Waals surface area (Å²) >= 11 is 24.7. The lowest BCUT2D eigenvalue weighted by Crippen LogP contribution is -2.15. The highest BCUT2D eigenvalue weighted by molar-refractivity contribution is 7.93. The summed E-state index contributed by atoms with van der Waals surface area (Å²) in [6, 6.07) is 14.9. The molecule has 2 N–H and O–H groups in total. The first-order valence-corrected chi connectivity index (χ1v) is 10.5. The van der Waals surface area contributed by atoms with Gasteiger partial charge in [-0.2, -0.15) is 0 Å². The van der Waals surface area contributed by atoms with Crippen molar-refractivity contribution in [2.24, 2.45) is 0 Å². The van der Waals surface area contributed by atoms with E-state index in [1.165, 1.54) is 0 Å². The van der Waals surface area contributed by atoms with Gasteiger partial charge in [-0.3, -0.25) is 4.79 Å². The predicted octanol–water partition coefficient (Wildman–Crippen LogP) is 7.84. The molecule has 1 amide bonds. The Balaban J connectivity index is 1.75. The van der Waals surface area contributed by atoms with Gasteiger partial charge in [-0.05, 0) is 48.5 Å². The van der Waals surface area contributed by atoms with Gasteiger partial charge >= 0.3 is 0 Å². The summed E-state index contributed by atoms with van der Waals surface area (Å²) in [5, 5.41) is 4.18. The maximum atomic E-state index is 12.4. The van der Waals surface area contributed by atoms with E-state index >= 15 is 0 Å². The number of amides is 1. The van der Waals surface area contributed by atoms with E-state index in [9.17, 15) is 9.35 Å². The number of carbonyl (C=O) groups excluding carboxylic acids is 1. The zero-order valence-corrected chi connectivity index (χ0v) is 18.4. The monoisotopic (exact) mass is 487 g/mol. The van der Waals surface area contributed by atoms with Crippen molar-refractivity contribution in [1.82, 2.24) is 0 Å². The van der Waals surface area contributed by atoms with E-state index in [1.807, 2.05) is 0 Å². The van der Waals surface area contributed by atoms with Crippen LogP contribution in [-0.4, -0.2) is 10.5 Å². The van der Waals surface area contributed by atoms with Crippen LogP contribution in [0, 0.1) is 0 Å². The Morgan fingerprint density at radius 2 is 1.76 bits per heavy atom. The minimum Gasteiger partial charge on any atom is -0.456 e. The van der Waals surface area contributed by atoms with E-state index in [0.717, 1.165) is 0 Å². The summed E-state index contributed by atoms with van der Waals surface area (Å²) in [4.78, 5) is 12.8. The largest absolute Gasteiger partial charge is 0.456 e. The van der Waals surface area contributed by atoms with E-state index in [4.69, 9.17) is 51.1 Å². The first kappa shape index (κ1) is 22.1. The Morgan fingerprint density at radius 3 is 2.48 bits per heavy atom. The zero-order valence-electron chi connectivity index (χ0n) is 14.6. The molecule has 150 valence electrons. The average molecular weight is 489 g/mol. The van der Waals surface area contributed by atoms with Crippen molar-refractivity contribution in [3.8, 4) is 11.5 Å². The molecule has 0 saturated heterocycles. The van der Waals surface area contributed by atoms with Gasteiger partial charge in [-0.25, -0.2) is 0 Å². The standard InChI is InChI=1S/C20H13Cl4NO3S/c21-11-2-1-3-13(8-11)28-17-7-4-12(9-18(17)29-27)25-19(26)10-14-15(22)5-6-16(23)20(14)24/h1-9,27H,10H2,(H,25,26). The number of nitrogens with one attached hydrogen (secondary N) is 1. The van der Waals surface area contributed by atoms with E-state index < -0.39 is 0 Å². The molecule has 0 saturated carbocycles. The van der Waals surface area contributed by atoms with Gasteiger partial charge < -0.3 is 14.6 Å². The van der Waals surface area contributed by atoms with E-state index in [1.54, 1.807) is 54.6 Å². The van der Waals surface area contributed by atoms with Crippen molar-refractivity contribution in [3.05, 3.63) is 80.3 Å². The zero-order chi connectivity index (χ0) is 21.0. The molecule has 0 aromatic heterocycles. The lowest BCUT2D eigenvalue weighted by Gasteiger charge is -2.13. The van der Waals surface area contributed by atoms with Crippen molar-refractivity contribution in [2.75, 3.05) is 5.32 Å². The Hall–Kier alpha value is -1.60. The fourth-order valence-corrected chi connectivity index (χ4v) is 3.74. The minimum absolute atomic E-state index is 0.0550. The number of halogens is 4. The van der Waals surface area contributed by atoms with Crippen LogP contribution in [0.4, 0.5) is 5.69 Å². The second kappa shape index (κ2) is 9.94. The molecule has 0 aliphatic carbocycles. The molecule has 0 heterocycles. The topological polar surface area (TPSA) is 58.6 Å². The summed E-state index contributed by atoms with van der Waals surface area (Å²) in [5.74, 6) is 0.599. The molecule has 0 aliphatic rings. The van der Waals surface area contributed by atoms with Crippen LogP contribution in [0.2, 0.25) is 20.1 Å². The van der Waals surface area contributed by atoms with Crippen molar-refractivity contribution in [3.63, 3.8) is 0 Å². The molecule has 0 unspecified atom stereocenters. The molecule has 29 heavy (non-hydrogen) atoms. The van der Waals surface area contributed by atoms with Gasteiger partial charge in [0, 0.05) is 33.3 Å². The van der Waals surface area contributed by atoms with Gasteiger partial charge in [0.2, 0.25) is 5.91 Å². The molecule has 4 nitrogen and oxygen atoms in total. The van der Waals surface area contributed by atoms with Crippen LogP contribution in [-0.2, 0) is 11.2 Å². The quantitative estimate of drug-likeness (QED) is 0.274.